The monoisotopic (exact) mass is 536 g/mol. The van der Waals surface area contributed by atoms with E-state index in [0.717, 1.165) is 24.1 Å². The van der Waals surface area contributed by atoms with Gasteiger partial charge in [-0.1, -0.05) is 11.6 Å². The van der Waals surface area contributed by atoms with Gasteiger partial charge < -0.3 is 21.3 Å². The van der Waals surface area contributed by atoms with Crippen LogP contribution in [0.2, 0.25) is 5.02 Å². The number of nitrogens with one attached hydrogen (secondary N) is 4. The van der Waals surface area contributed by atoms with Crippen LogP contribution in [-0.4, -0.2) is 41.2 Å². The van der Waals surface area contributed by atoms with Crippen molar-refractivity contribution in [2.24, 2.45) is 5.92 Å². The van der Waals surface area contributed by atoms with Gasteiger partial charge in [0.2, 0.25) is 11.9 Å². The molecule has 0 spiro atoms. The SMILES string of the molecule is O=C(CCNc1nc(Nc2cc3c(cc2Cl)CNCC3)ncc1C(F)(F)F)NC(C1CC1)C(F)(F)F. The first-order valence-electron chi connectivity index (χ1n) is 11.2. The molecule has 1 atom stereocenters. The fraction of sp³-hybridized carbons (Fsp3) is 0.500. The van der Waals surface area contributed by atoms with Gasteiger partial charge in [0, 0.05) is 25.7 Å². The third-order valence-corrected chi connectivity index (χ3v) is 6.24. The van der Waals surface area contributed by atoms with Crippen molar-refractivity contribution in [1.29, 1.82) is 0 Å². The summed E-state index contributed by atoms with van der Waals surface area (Å²) in [5.41, 5.74) is 1.28. The van der Waals surface area contributed by atoms with E-state index in [9.17, 15) is 31.1 Å². The summed E-state index contributed by atoms with van der Waals surface area (Å²) in [6.45, 7) is 1.06. The van der Waals surface area contributed by atoms with E-state index in [1.165, 1.54) is 0 Å². The summed E-state index contributed by atoms with van der Waals surface area (Å²) in [7, 11) is 0. The molecule has 1 aliphatic heterocycles. The minimum Gasteiger partial charge on any atom is -0.369 e. The zero-order valence-electron chi connectivity index (χ0n) is 18.8. The molecule has 2 aromatic rings. The van der Waals surface area contributed by atoms with Crippen LogP contribution in [0.3, 0.4) is 0 Å². The highest BCUT2D eigenvalue weighted by Crippen LogP contribution is 2.40. The molecule has 1 amide bonds. The van der Waals surface area contributed by atoms with Crippen molar-refractivity contribution in [3.05, 3.63) is 40.0 Å². The lowest BCUT2D eigenvalue weighted by atomic mass is 10.0. The highest BCUT2D eigenvalue weighted by atomic mass is 35.5. The van der Waals surface area contributed by atoms with Gasteiger partial charge in [-0.2, -0.15) is 31.3 Å². The van der Waals surface area contributed by atoms with Gasteiger partial charge in [-0.05, 0) is 55.0 Å². The van der Waals surface area contributed by atoms with Gasteiger partial charge in [0.15, 0.2) is 0 Å². The summed E-state index contributed by atoms with van der Waals surface area (Å²) >= 11 is 6.31. The number of alkyl halides is 6. The second-order valence-corrected chi connectivity index (χ2v) is 9.11. The van der Waals surface area contributed by atoms with Gasteiger partial charge in [0.25, 0.3) is 0 Å². The molecular weight excluding hydrogens is 514 g/mol. The van der Waals surface area contributed by atoms with Crippen molar-refractivity contribution in [2.45, 2.75) is 50.6 Å². The average molecular weight is 537 g/mol. The number of anilines is 3. The zero-order chi connectivity index (χ0) is 26.1. The number of hydrogen-bond acceptors (Lipinski definition) is 6. The topological polar surface area (TPSA) is 91.0 Å². The predicted molar refractivity (Wildman–Crippen MR) is 121 cm³/mol. The molecule has 4 rings (SSSR count). The molecule has 7 nitrogen and oxygen atoms in total. The molecule has 196 valence electrons. The van der Waals surface area contributed by atoms with Crippen molar-refractivity contribution in [1.82, 2.24) is 20.6 Å². The van der Waals surface area contributed by atoms with E-state index in [1.54, 1.807) is 12.1 Å². The molecule has 1 aromatic carbocycles. The minimum absolute atomic E-state index is 0.170. The minimum atomic E-state index is -4.80. The molecule has 0 radical (unpaired) electrons. The normalized spacial score (nSPS) is 16.8. The molecule has 2 aliphatic rings. The number of hydrogen-bond donors (Lipinski definition) is 4. The van der Waals surface area contributed by atoms with Crippen LogP contribution in [0.25, 0.3) is 0 Å². The maximum Gasteiger partial charge on any atom is 0.421 e. The Kier molecular flexibility index (Phi) is 7.51. The lowest BCUT2D eigenvalue weighted by Crippen LogP contribution is -2.47. The highest BCUT2D eigenvalue weighted by Gasteiger charge is 2.49. The van der Waals surface area contributed by atoms with E-state index in [2.05, 4.69) is 25.9 Å². The molecule has 1 fully saturated rings. The van der Waals surface area contributed by atoms with Crippen molar-refractivity contribution < 1.29 is 31.1 Å². The summed E-state index contributed by atoms with van der Waals surface area (Å²) in [5.74, 6) is -2.37. The lowest BCUT2D eigenvalue weighted by molar-refractivity contribution is -0.165. The van der Waals surface area contributed by atoms with Crippen LogP contribution in [0.15, 0.2) is 18.3 Å². The predicted octanol–water partition coefficient (Wildman–Crippen LogP) is 4.80. The summed E-state index contributed by atoms with van der Waals surface area (Å²) in [6, 6.07) is 1.58. The molecule has 36 heavy (non-hydrogen) atoms. The number of fused-ring (bicyclic) bond motifs is 1. The first-order valence-corrected chi connectivity index (χ1v) is 11.6. The number of aromatic nitrogens is 2. The van der Waals surface area contributed by atoms with E-state index in [-0.39, 0.29) is 12.5 Å². The Labute approximate surface area is 207 Å². The lowest BCUT2D eigenvalue weighted by Gasteiger charge is -2.21. The third kappa shape index (κ3) is 6.49. The number of carbonyl (C=O) groups is 1. The second-order valence-electron chi connectivity index (χ2n) is 8.71. The molecule has 0 bridgehead atoms. The summed E-state index contributed by atoms with van der Waals surface area (Å²) in [6.07, 6.45) is -7.81. The standard InChI is InChI=1S/C22H23ClF6N6O/c23-15-7-13-9-30-5-3-12(13)8-16(15)33-20-32-10-14(21(24,25)26)19(35-20)31-6-4-17(36)34-18(11-1-2-11)22(27,28)29/h7-8,10-11,18,30H,1-6,9H2,(H,34,36)(H2,31,32,33,35). The number of benzene rings is 1. The van der Waals surface area contributed by atoms with Crippen LogP contribution in [0.4, 0.5) is 43.8 Å². The Hall–Kier alpha value is -2.80. The van der Waals surface area contributed by atoms with E-state index in [0.29, 0.717) is 36.3 Å². The first-order chi connectivity index (χ1) is 16.9. The molecule has 1 saturated carbocycles. The molecule has 1 unspecified atom stereocenters. The van der Waals surface area contributed by atoms with Gasteiger partial charge in [0.05, 0.1) is 10.7 Å². The molecule has 1 aliphatic carbocycles. The maximum atomic E-state index is 13.5. The quantitative estimate of drug-likeness (QED) is 0.363. The molecular formula is C22H23ClF6N6O. The largest absolute Gasteiger partial charge is 0.421 e. The Balaban J connectivity index is 1.45. The van der Waals surface area contributed by atoms with E-state index in [1.807, 2.05) is 5.32 Å². The Bertz CT molecular complexity index is 1120. The average Bonchev–Trinajstić information content (AvgIpc) is 3.62. The van der Waals surface area contributed by atoms with Crippen LogP contribution in [0.5, 0.6) is 0 Å². The van der Waals surface area contributed by atoms with Crippen LogP contribution < -0.4 is 21.3 Å². The number of rotatable bonds is 8. The number of amides is 1. The van der Waals surface area contributed by atoms with E-state index < -0.39 is 48.0 Å². The van der Waals surface area contributed by atoms with Crippen LogP contribution in [0, 0.1) is 5.92 Å². The summed E-state index contributed by atoms with van der Waals surface area (Å²) < 4.78 is 79.7. The molecule has 4 N–H and O–H groups in total. The maximum absolute atomic E-state index is 13.5. The summed E-state index contributed by atoms with van der Waals surface area (Å²) in [5, 5.41) is 10.7. The van der Waals surface area contributed by atoms with Crippen LogP contribution >= 0.6 is 11.6 Å². The molecule has 14 heteroatoms. The molecule has 2 heterocycles. The Morgan fingerprint density at radius 2 is 1.92 bits per heavy atom. The Morgan fingerprint density at radius 1 is 1.17 bits per heavy atom. The smallest absolute Gasteiger partial charge is 0.369 e. The van der Waals surface area contributed by atoms with Gasteiger partial charge in [-0.15, -0.1) is 0 Å². The van der Waals surface area contributed by atoms with Crippen molar-refractivity contribution in [3.63, 3.8) is 0 Å². The van der Waals surface area contributed by atoms with Crippen molar-refractivity contribution in [3.8, 4) is 0 Å². The van der Waals surface area contributed by atoms with Gasteiger partial charge >= 0.3 is 12.4 Å². The second kappa shape index (κ2) is 10.3. The third-order valence-electron chi connectivity index (χ3n) is 5.92. The number of nitrogens with zero attached hydrogens (tertiary/aromatic N) is 2. The summed E-state index contributed by atoms with van der Waals surface area (Å²) in [4.78, 5) is 19.6. The van der Waals surface area contributed by atoms with E-state index in [4.69, 9.17) is 11.6 Å². The Morgan fingerprint density at radius 3 is 2.58 bits per heavy atom. The number of carbonyl (C=O) groups excluding carboxylic acids is 1. The zero-order valence-corrected chi connectivity index (χ0v) is 19.5. The molecule has 1 aromatic heterocycles. The van der Waals surface area contributed by atoms with Crippen molar-refractivity contribution >= 4 is 35.0 Å². The van der Waals surface area contributed by atoms with Crippen molar-refractivity contribution in [2.75, 3.05) is 23.7 Å². The number of halogens is 7. The van der Waals surface area contributed by atoms with Crippen LogP contribution in [0.1, 0.15) is 36.0 Å². The van der Waals surface area contributed by atoms with E-state index >= 15 is 0 Å². The van der Waals surface area contributed by atoms with Crippen LogP contribution in [-0.2, 0) is 23.9 Å². The first kappa shape index (κ1) is 26.3. The van der Waals surface area contributed by atoms with Gasteiger partial charge in [-0.3, -0.25) is 4.79 Å². The fourth-order valence-corrected chi connectivity index (χ4v) is 4.17. The highest BCUT2D eigenvalue weighted by molar-refractivity contribution is 6.33. The van der Waals surface area contributed by atoms with Gasteiger partial charge in [0.1, 0.15) is 17.4 Å². The fourth-order valence-electron chi connectivity index (χ4n) is 3.94. The molecule has 0 saturated heterocycles. The van der Waals surface area contributed by atoms with Gasteiger partial charge in [-0.25, -0.2) is 4.98 Å².